The molecule has 3 aromatic heterocycles. The number of pyridine rings is 1. The number of aromatic nitrogens is 4. The average molecular weight is 398 g/mol. The predicted octanol–water partition coefficient (Wildman–Crippen LogP) is 3.95. The quantitative estimate of drug-likeness (QED) is 0.563. The molecule has 0 saturated carbocycles. The van der Waals surface area contributed by atoms with Gasteiger partial charge in [-0.25, -0.2) is 15.0 Å². The number of hydrogen-bond donors (Lipinski definition) is 1. The van der Waals surface area contributed by atoms with Gasteiger partial charge in [-0.2, -0.15) is 0 Å². The van der Waals surface area contributed by atoms with E-state index in [1.165, 1.54) is 6.33 Å². The number of amides is 1. The van der Waals surface area contributed by atoms with E-state index in [4.69, 9.17) is 4.98 Å². The van der Waals surface area contributed by atoms with Gasteiger partial charge in [-0.15, -0.1) is 0 Å². The predicted molar refractivity (Wildman–Crippen MR) is 117 cm³/mol. The van der Waals surface area contributed by atoms with E-state index in [2.05, 4.69) is 20.2 Å². The largest absolute Gasteiger partial charge is 0.357 e. The number of aryl methyl sites for hydroxylation is 1. The molecular weight excluding hydrogens is 376 g/mol. The van der Waals surface area contributed by atoms with Crippen molar-refractivity contribution in [2.24, 2.45) is 0 Å². The summed E-state index contributed by atoms with van der Waals surface area (Å²) in [4.78, 5) is 28.7. The van der Waals surface area contributed by atoms with Gasteiger partial charge in [0.1, 0.15) is 35.0 Å². The molecule has 1 aliphatic rings. The third-order valence-corrected chi connectivity index (χ3v) is 5.48. The zero-order valence-corrected chi connectivity index (χ0v) is 16.7. The van der Waals surface area contributed by atoms with Crippen molar-refractivity contribution in [2.45, 2.75) is 19.8 Å². The molecule has 0 atom stereocenters. The summed E-state index contributed by atoms with van der Waals surface area (Å²) >= 11 is 0. The van der Waals surface area contributed by atoms with Crippen LogP contribution in [-0.4, -0.2) is 38.3 Å². The minimum Gasteiger partial charge on any atom is -0.357 e. The van der Waals surface area contributed by atoms with Gasteiger partial charge in [0.05, 0.1) is 0 Å². The summed E-state index contributed by atoms with van der Waals surface area (Å²) < 4.78 is 1.89. The van der Waals surface area contributed by atoms with Crippen molar-refractivity contribution in [1.29, 1.82) is 0 Å². The molecule has 0 aliphatic carbocycles. The van der Waals surface area contributed by atoms with Crippen molar-refractivity contribution in [2.75, 3.05) is 23.3 Å². The average Bonchev–Trinajstić information content (AvgIpc) is 3.43. The lowest BCUT2D eigenvalue weighted by Crippen LogP contribution is -2.21. The van der Waals surface area contributed by atoms with E-state index in [0.29, 0.717) is 11.5 Å². The molecule has 0 radical (unpaired) electrons. The zero-order chi connectivity index (χ0) is 20.5. The van der Waals surface area contributed by atoms with Gasteiger partial charge in [-0.3, -0.25) is 9.20 Å². The first-order valence-electron chi connectivity index (χ1n) is 10.1. The molecule has 4 aromatic rings. The Morgan fingerprint density at radius 2 is 1.83 bits per heavy atom. The number of nitrogens with zero attached hydrogens (tertiary/aromatic N) is 5. The summed E-state index contributed by atoms with van der Waals surface area (Å²) in [5.41, 5.74) is 3.92. The number of imidazole rings is 1. The van der Waals surface area contributed by atoms with Gasteiger partial charge in [-0.05, 0) is 37.5 Å². The first kappa shape index (κ1) is 18.3. The van der Waals surface area contributed by atoms with Crippen molar-refractivity contribution in [1.82, 2.24) is 19.4 Å². The fourth-order valence-electron chi connectivity index (χ4n) is 3.90. The minimum atomic E-state index is -0.279. The Morgan fingerprint density at radius 1 is 1.03 bits per heavy atom. The summed E-state index contributed by atoms with van der Waals surface area (Å²) in [7, 11) is 0. The van der Waals surface area contributed by atoms with E-state index >= 15 is 0 Å². The Morgan fingerprint density at radius 3 is 2.67 bits per heavy atom. The molecule has 1 saturated heterocycles. The van der Waals surface area contributed by atoms with Crippen LogP contribution in [0.5, 0.6) is 0 Å². The summed E-state index contributed by atoms with van der Waals surface area (Å²) in [6.45, 7) is 3.96. The molecule has 30 heavy (non-hydrogen) atoms. The Labute approximate surface area is 174 Å². The highest BCUT2D eigenvalue weighted by Gasteiger charge is 2.20. The first-order chi connectivity index (χ1) is 14.7. The van der Waals surface area contributed by atoms with Gasteiger partial charge in [0.2, 0.25) is 0 Å². The lowest BCUT2D eigenvalue weighted by molar-refractivity contribution is 0.102. The maximum absolute atomic E-state index is 13.1. The Hall–Kier alpha value is -3.74. The lowest BCUT2D eigenvalue weighted by atomic mass is 10.1. The molecule has 1 fully saturated rings. The molecule has 1 aliphatic heterocycles. The van der Waals surface area contributed by atoms with Crippen LogP contribution in [0.1, 0.15) is 28.9 Å². The van der Waals surface area contributed by atoms with Crippen LogP contribution in [0, 0.1) is 6.92 Å². The fourth-order valence-corrected chi connectivity index (χ4v) is 3.90. The van der Waals surface area contributed by atoms with Gasteiger partial charge in [0.15, 0.2) is 0 Å². The van der Waals surface area contributed by atoms with Crippen LogP contribution in [0.4, 0.5) is 11.6 Å². The van der Waals surface area contributed by atoms with Gasteiger partial charge in [-0.1, -0.05) is 30.3 Å². The summed E-state index contributed by atoms with van der Waals surface area (Å²) in [6, 6.07) is 15.6. The first-order valence-corrected chi connectivity index (χ1v) is 10.1. The number of anilines is 2. The number of fused-ring (bicyclic) bond motifs is 1. The van der Waals surface area contributed by atoms with Crippen molar-refractivity contribution in [3.63, 3.8) is 0 Å². The summed E-state index contributed by atoms with van der Waals surface area (Å²) in [5, 5.41) is 3.05. The third kappa shape index (κ3) is 3.28. The second-order valence-electron chi connectivity index (χ2n) is 7.46. The second-order valence-corrected chi connectivity index (χ2v) is 7.46. The van der Waals surface area contributed by atoms with Crippen molar-refractivity contribution >= 4 is 23.2 Å². The van der Waals surface area contributed by atoms with Gasteiger partial charge < -0.3 is 10.2 Å². The van der Waals surface area contributed by atoms with Crippen LogP contribution in [0.15, 0.2) is 61.1 Å². The van der Waals surface area contributed by atoms with Gasteiger partial charge in [0, 0.05) is 30.9 Å². The monoisotopic (exact) mass is 398 g/mol. The molecule has 1 N–H and O–H groups in total. The molecule has 7 heteroatoms. The fraction of sp³-hybridized carbons (Fsp3) is 0.217. The zero-order valence-electron chi connectivity index (χ0n) is 16.7. The number of carbonyl (C=O) groups excluding carboxylic acids is 1. The van der Waals surface area contributed by atoms with E-state index in [1.807, 2.05) is 60.0 Å². The van der Waals surface area contributed by atoms with Crippen LogP contribution in [0.2, 0.25) is 0 Å². The molecule has 7 nitrogen and oxygen atoms in total. The summed E-state index contributed by atoms with van der Waals surface area (Å²) in [5.74, 6) is 1.15. The third-order valence-electron chi connectivity index (χ3n) is 5.48. The lowest BCUT2D eigenvalue weighted by Gasteiger charge is -2.16. The van der Waals surface area contributed by atoms with Crippen molar-refractivity contribution in [3.8, 4) is 11.3 Å². The molecule has 150 valence electrons. The standard InChI is InChI=1S/C23H22N6O/c1-16-8-2-3-9-17(16)21-22(29-13-5-4-10-19(29)26-21)27-23(30)18-14-20(25-15-24-18)28-11-6-7-12-28/h2-5,8-10,13-15H,6-7,11-12H2,1H3,(H,27,30). The van der Waals surface area contributed by atoms with Crippen LogP contribution < -0.4 is 10.2 Å². The minimum absolute atomic E-state index is 0.279. The topological polar surface area (TPSA) is 75.4 Å². The van der Waals surface area contributed by atoms with E-state index in [-0.39, 0.29) is 5.91 Å². The molecule has 0 spiro atoms. The number of hydrogen-bond acceptors (Lipinski definition) is 5. The van der Waals surface area contributed by atoms with Crippen LogP contribution in [0.25, 0.3) is 16.9 Å². The van der Waals surface area contributed by atoms with E-state index in [9.17, 15) is 4.79 Å². The maximum atomic E-state index is 13.1. The Kier molecular flexibility index (Phi) is 4.63. The Balaban J connectivity index is 1.54. The highest BCUT2D eigenvalue weighted by molar-refractivity contribution is 6.05. The number of rotatable bonds is 4. The van der Waals surface area contributed by atoms with Gasteiger partial charge in [0.25, 0.3) is 5.91 Å². The van der Waals surface area contributed by atoms with E-state index < -0.39 is 0 Å². The maximum Gasteiger partial charge on any atom is 0.275 e. The second kappa shape index (κ2) is 7.59. The highest BCUT2D eigenvalue weighted by Crippen LogP contribution is 2.31. The number of carbonyl (C=O) groups is 1. The molecule has 0 unspecified atom stereocenters. The smallest absolute Gasteiger partial charge is 0.275 e. The normalized spacial score (nSPS) is 13.7. The molecular formula is C23H22N6O. The molecule has 5 rings (SSSR count). The van der Waals surface area contributed by atoms with Crippen molar-refractivity contribution < 1.29 is 4.79 Å². The van der Waals surface area contributed by atoms with Crippen LogP contribution >= 0.6 is 0 Å². The van der Waals surface area contributed by atoms with Crippen molar-refractivity contribution in [3.05, 3.63) is 72.3 Å². The number of benzene rings is 1. The molecule has 4 heterocycles. The number of nitrogens with one attached hydrogen (secondary N) is 1. The SMILES string of the molecule is Cc1ccccc1-c1nc2ccccn2c1NC(=O)c1cc(N2CCCC2)ncn1. The summed E-state index contributed by atoms with van der Waals surface area (Å²) in [6.07, 6.45) is 5.65. The van der Waals surface area contributed by atoms with E-state index in [0.717, 1.165) is 54.2 Å². The molecule has 0 bridgehead atoms. The molecule has 1 aromatic carbocycles. The highest BCUT2D eigenvalue weighted by atomic mass is 16.2. The molecule has 1 amide bonds. The van der Waals surface area contributed by atoms with Crippen LogP contribution in [0.3, 0.4) is 0 Å². The van der Waals surface area contributed by atoms with Crippen LogP contribution in [-0.2, 0) is 0 Å². The van der Waals surface area contributed by atoms with Gasteiger partial charge >= 0.3 is 0 Å². The van der Waals surface area contributed by atoms with E-state index in [1.54, 1.807) is 6.07 Å². The Bertz CT molecular complexity index is 1230.